The molecule has 0 unspecified atom stereocenters. The molecule has 0 bridgehead atoms. The summed E-state index contributed by atoms with van der Waals surface area (Å²) >= 11 is 0. The molecule has 2 amide bonds. The predicted octanol–water partition coefficient (Wildman–Crippen LogP) is 1.98. The van der Waals surface area contributed by atoms with Crippen molar-refractivity contribution in [3.63, 3.8) is 0 Å². The maximum atomic E-state index is 10.9. The molecule has 1 atom stereocenters. The van der Waals surface area contributed by atoms with Gasteiger partial charge in [-0.2, -0.15) is 0 Å². The highest BCUT2D eigenvalue weighted by molar-refractivity contribution is 5.72. The van der Waals surface area contributed by atoms with Gasteiger partial charge in [-0.3, -0.25) is 0 Å². The minimum absolute atomic E-state index is 0.368. The number of urea groups is 1. The van der Waals surface area contributed by atoms with Gasteiger partial charge in [0.15, 0.2) is 0 Å². The van der Waals surface area contributed by atoms with Gasteiger partial charge in [0.05, 0.1) is 5.54 Å². The van der Waals surface area contributed by atoms with Gasteiger partial charge in [-0.1, -0.05) is 37.3 Å². The van der Waals surface area contributed by atoms with Gasteiger partial charge in [0, 0.05) is 0 Å². The molecule has 0 radical (unpaired) electrons. The molecule has 3 nitrogen and oxygen atoms in total. The third-order valence-electron chi connectivity index (χ3n) is 2.52. The first kappa shape index (κ1) is 10.6. The Balaban J connectivity index is 2.95. The van der Waals surface area contributed by atoms with Gasteiger partial charge in [0.2, 0.25) is 0 Å². The lowest BCUT2D eigenvalue weighted by Crippen LogP contribution is -2.45. The van der Waals surface area contributed by atoms with Crippen molar-refractivity contribution < 1.29 is 4.79 Å². The first-order valence-corrected chi connectivity index (χ1v) is 4.71. The smallest absolute Gasteiger partial charge is 0.312 e. The van der Waals surface area contributed by atoms with Gasteiger partial charge in [-0.15, -0.1) is 0 Å². The van der Waals surface area contributed by atoms with E-state index in [2.05, 4.69) is 5.32 Å². The number of benzene rings is 1. The molecule has 14 heavy (non-hydrogen) atoms. The highest BCUT2D eigenvalue weighted by Gasteiger charge is 2.24. The van der Waals surface area contributed by atoms with E-state index >= 15 is 0 Å². The van der Waals surface area contributed by atoms with Gasteiger partial charge in [0.25, 0.3) is 0 Å². The van der Waals surface area contributed by atoms with Gasteiger partial charge in [-0.05, 0) is 18.9 Å². The normalized spacial score (nSPS) is 14.4. The van der Waals surface area contributed by atoms with Crippen LogP contribution in [0.25, 0.3) is 0 Å². The molecule has 0 heterocycles. The van der Waals surface area contributed by atoms with Crippen molar-refractivity contribution >= 4 is 6.03 Å². The molecule has 0 aliphatic carbocycles. The number of rotatable bonds is 3. The summed E-state index contributed by atoms with van der Waals surface area (Å²) in [6.07, 6.45) is 0.806. The molecule has 76 valence electrons. The summed E-state index contributed by atoms with van der Waals surface area (Å²) in [6.45, 7) is 3.98. The molecule has 0 aliphatic heterocycles. The van der Waals surface area contributed by atoms with E-state index in [0.29, 0.717) is 0 Å². The predicted molar refractivity (Wildman–Crippen MR) is 56.8 cm³/mol. The Labute approximate surface area is 84.3 Å². The average molecular weight is 192 g/mol. The van der Waals surface area contributed by atoms with Gasteiger partial charge in [-0.25, -0.2) is 4.79 Å². The second-order valence-corrected chi connectivity index (χ2v) is 3.54. The van der Waals surface area contributed by atoms with E-state index < -0.39 is 6.03 Å². The largest absolute Gasteiger partial charge is 0.352 e. The molecule has 0 spiro atoms. The minimum atomic E-state index is -0.488. The van der Waals surface area contributed by atoms with E-state index in [0.717, 1.165) is 12.0 Å². The molecule has 1 aromatic rings. The maximum Gasteiger partial charge on any atom is 0.312 e. The topological polar surface area (TPSA) is 55.1 Å². The molecule has 1 aromatic carbocycles. The Bertz CT molecular complexity index is 310. The highest BCUT2D eigenvalue weighted by Crippen LogP contribution is 2.23. The third kappa shape index (κ3) is 2.25. The number of hydrogen-bond donors (Lipinski definition) is 2. The van der Waals surface area contributed by atoms with Crippen molar-refractivity contribution in [3.8, 4) is 0 Å². The Hall–Kier alpha value is -1.51. The van der Waals surface area contributed by atoms with Crippen LogP contribution in [0.1, 0.15) is 25.8 Å². The molecule has 0 saturated heterocycles. The molecule has 0 fully saturated rings. The summed E-state index contributed by atoms with van der Waals surface area (Å²) < 4.78 is 0. The van der Waals surface area contributed by atoms with Gasteiger partial charge >= 0.3 is 6.03 Å². The first-order valence-electron chi connectivity index (χ1n) is 4.71. The molecule has 0 aromatic heterocycles. The van der Waals surface area contributed by atoms with Crippen LogP contribution in [-0.2, 0) is 5.54 Å². The van der Waals surface area contributed by atoms with E-state index in [4.69, 9.17) is 5.73 Å². The van der Waals surface area contributed by atoms with Crippen LogP contribution in [0.5, 0.6) is 0 Å². The summed E-state index contributed by atoms with van der Waals surface area (Å²) in [5, 5.41) is 2.76. The van der Waals surface area contributed by atoms with Crippen LogP contribution in [0.4, 0.5) is 4.79 Å². The van der Waals surface area contributed by atoms with Crippen LogP contribution in [0.15, 0.2) is 30.3 Å². The summed E-state index contributed by atoms with van der Waals surface area (Å²) in [5.74, 6) is 0. The lowest BCUT2D eigenvalue weighted by atomic mass is 9.89. The number of amides is 2. The van der Waals surface area contributed by atoms with Crippen LogP contribution < -0.4 is 11.1 Å². The fraction of sp³-hybridized carbons (Fsp3) is 0.364. The number of carbonyl (C=O) groups is 1. The van der Waals surface area contributed by atoms with Crippen LogP contribution >= 0.6 is 0 Å². The summed E-state index contributed by atoms with van der Waals surface area (Å²) in [7, 11) is 0. The lowest BCUT2D eigenvalue weighted by molar-refractivity contribution is 0.234. The summed E-state index contributed by atoms with van der Waals surface area (Å²) in [6, 6.07) is 9.33. The first-order chi connectivity index (χ1) is 6.58. The Morgan fingerprint density at radius 1 is 1.43 bits per heavy atom. The van der Waals surface area contributed by atoms with Gasteiger partial charge in [0.1, 0.15) is 0 Å². The second-order valence-electron chi connectivity index (χ2n) is 3.54. The third-order valence-corrected chi connectivity index (χ3v) is 2.52. The van der Waals surface area contributed by atoms with Crippen molar-refractivity contribution in [3.05, 3.63) is 35.9 Å². The van der Waals surface area contributed by atoms with E-state index in [1.165, 1.54) is 0 Å². The number of nitrogens with two attached hydrogens (primary N) is 1. The Morgan fingerprint density at radius 2 is 2.00 bits per heavy atom. The van der Waals surface area contributed by atoms with E-state index in [1.54, 1.807) is 0 Å². The molecular formula is C11H16N2O. The van der Waals surface area contributed by atoms with Crippen LogP contribution in [0.2, 0.25) is 0 Å². The van der Waals surface area contributed by atoms with E-state index in [1.807, 2.05) is 44.2 Å². The Kier molecular flexibility index (Phi) is 3.12. The molecule has 3 heteroatoms. The Morgan fingerprint density at radius 3 is 2.43 bits per heavy atom. The SMILES string of the molecule is CC[C@](C)(NC(N)=O)c1ccccc1. The van der Waals surface area contributed by atoms with Crippen molar-refractivity contribution in [2.75, 3.05) is 0 Å². The second kappa shape index (κ2) is 4.13. The fourth-order valence-corrected chi connectivity index (χ4v) is 1.44. The lowest BCUT2D eigenvalue weighted by Gasteiger charge is -2.29. The zero-order valence-electron chi connectivity index (χ0n) is 8.58. The average Bonchev–Trinajstić information content (AvgIpc) is 2.18. The van der Waals surface area contributed by atoms with E-state index in [9.17, 15) is 4.79 Å². The zero-order chi connectivity index (χ0) is 10.6. The highest BCUT2D eigenvalue weighted by atomic mass is 16.2. The quantitative estimate of drug-likeness (QED) is 0.756. The molecule has 0 aliphatic rings. The summed E-state index contributed by atoms with van der Waals surface area (Å²) in [4.78, 5) is 10.9. The standard InChI is InChI=1S/C11H16N2O/c1-3-11(2,13-10(12)14)9-7-5-4-6-8-9/h4-8H,3H2,1-2H3,(H3,12,13,14)/t11-/m0/s1. The van der Waals surface area contributed by atoms with Crippen molar-refractivity contribution in [1.29, 1.82) is 0 Å². The van der Waals surface area contributed by atoms with Crippen molar-refractivity contribution in [2.45, 2.75) is 25.8 Å². The number of primary amides is 1. The number of hydrogen-bond acceptors (Lipinski definition) is 1. The van der Waals surface area contributed by atoms with Gasteiger partial charge < -0.3 is 11.1 Å². The van der Waals surface area contributed by atoms with Crippen LogP contribution in [-0.4, -0.2) is 6.03 Å². The molecular weight excluding hydrogens is 176 g/mol. The number of nitrogens with one attached hydrogen (secondary N) is 1. The minimum Gasteiger partial charge on any atom is -0.352 e. The van der Waals surface area contributed by atoms with Crippen LogP contribution in [0, 0.1) is 0 Å². The van der Waals surface area contributed by atoms with Crippen molar-refractivity contribution in [2.24, 2.45) is 5.73 Å². The fourth-order valence-electron chi connectivity index (χ4n) is 1.44. The van der Waals surface area contributed by atoms with E-state index in [-0.39, 0.29) is 5.54 Å². The monoisotopic (exact) mass is 192 g/mol. The van der Waals surface area contributed by atoms with Crippen molar-refractivity contribution in [1.82, 2.24) is 5.32 Å². The molecule has 1 rings (SSSR count). The summed E-state index contributed by atoms with van der Waals surface area (Å²) in [5.41, 5.74) is 5.84. The molecule has 0 saturated carbocycles. The maximum absolute atomic E-state index is 10.9. The zero-order valence-corrected chi connectivity index (χ0v) is 8.58. The molecule has 3 N–H and O–H groups in total. The van der Waals surface area contributed by atoms with Crippen LogP contribution in [0.3, 0.4) is 0 Å². The number of carbonyl (C=O) groups excluding carboxylic acids is 1.